The van der Waals surface area contributed by atoms with Gasteiger partial charge < -0.3 is 15.7 Å². The highest BCUT2D eigenvalue weighted by Gasteiger charge is 2.41. The molecule has 0 saturated carbocycles. The first-order valence-corrected chi connectivity index (χ1v) is 11.3. The van der Waals surface area contributed by atoms with E-state index >= 15 is 0 Å². The molecule has 2 aromatic rings. The number of benzene rings is 2. The summed E-state index contributed by atoms with van der Waals surface area (Å²) in [6.07, 6.45) is 3.97. The molecule has 33 heavy (non-hydrogen) atoms. The molecule has 0 aromatic heterocycles. The van der Waals surface area contributed by atoms with Gasteiger partial charge in [0.15, 0.2) is 0 Å². The van der Waals surface area contributed by atoms with Gasteiger partial charge in [-0.15, -0.1) is 0 Å². The maximum atomic E-state index is 14.1. The van der Waals surface area contributed by atoms with Crippen LogP contribution in [0.1, 0.15) is 53.1 Å². The number of amides is 2. The minimum absolute atomic E-state index is 0.171. The highest BCUT2D eigenvalue weighted by Crippen LogP contribution is 2.43. The summed E-state index contributed by atoms with van der Waals surface area (Å²) >= 11 is 0. The largest absolute Gasteiger partial charge is 0.387 e. The van der Waals surface area contributed by atoms with Crippen LogP contribution in [0.4, 0.5) is 8.78 Å². The monoisotopic (exact) mass is 457 g/mol. The minimum atomic E-state index is -0.707. The van der Waals surface area contributed by atoms with Gasteiger partial charge in [-0.2, -0.15) is 0 Å². The Morgan fingerprint density at radius 1 is 1.06 bits per heavy atom. The number of piperidine rings is 1. The minimum Gasteiger partial charge on any atom is -0.387 e. The lowest BCUT2D eigenvalue weighted by Gasteiger charge is -2.40. The van der Waals surface area contributed by atoms with Crippen LogP contribution in [-0.2, 0) is 11.3 Å². The van der Waals surface area contributed by atoms with Crippen LogP contribution < -0.4 is 5.73 Å². The standard InChI is InChI=1S/C25H29F2N3O3/c26-22-5-2-6-23(27)21(22)14-29(24(32)15-31)9-10-30-19-7-8-20(30)13-18(12-19)16-3-1-4-17(11-16)25(28)33/h1-6,11,18-20,31H,7-10,12-15H2,(H2,28,33). The van der Waals surface area contributed by atoms with Crippen LogP contribution in [0.15, 0.2) is 42.5 Å². The lowest BCUT2D eigenvalue weighted by Crippen LogP contribution is -2.47. The molecule has 3 N–H and O–H groups in total. The van der Waals surface area contributed by atoms with Crippen LogP contribution in [0, 0.1) is 11.6 Å². The number of hydrogen-bond donors (Lipinski definition) is 2. The molecule has 2 fully saturated rings. The fraction of sp³-hybridized carbons (Fsp3) is 0.440. The number of aliphatic hydroxyl groups excluding tert-OH is 1. The van der Waals surface area contributed by atoms with Gasteiger partial charge in [0.05, 0.1) is 6.54 Å². The number of primary amides is 1. The van der Waals surface area contributed by atoms with Crippen LogP contribution in [0.25, 0.3) is 0 Å². The van der Waals surface area contributed by atoms with Gasteiger partial charge in [-0.25, -0.2) is 8.78 Å². The molecule has 2 unspecified atom stereocenters. The summed E-state index contributed by atoms with van der Waals surface area (Å²) in [6.45, 7) is -0.0714. The Labute approximate surface area is 192 Å². The predicted molar refractivity (Wildman–Crippen MR) is 119 cm³/mol. The van der Waals surface area contributed by atoms with Crippen LogP contribution in [0.3, 0.4) is 0 Å². The van der Waals surface area contributed by atoms with E-state index in [4.69, 9.17) is 5.73 Å². The van der Waals surface area contributed by atoms with E-state index in [-0.39, 0.29) is 18.7 Å². The second-order valence-electron chi connectivity index (χ2n) is 8.95. The molecule has 6 nitrogen and oxygen atoms in total. The quantitative estimate of drug-likeness (QED) is 0.638. The number of nitrogens with two attached hydrogens (primary N) is 1. The number of carbonyl (C=O) groups is 2. The molecular formula is C25H29F2N3O3. The first-order chi connectivity index (χ1) is 15.9. The van der Waals surface area contributed by atoms with Crippen LogP contribution >= 0.6 is 0 Å². The number of halogens is 2. The van der Waals surface area contributed by atoms with E-state index < -0.39 is 30.1 Å². The molecule has 0 spiro atoms. The van der Waals surface area contributed by atoms with Gasteiger partial charge in [-0.1, -0.05) is 18.2 Å². The molecule has 2 bridgehead atoms. The van der Waals surface area contributed by atoms with Gasteiger partial charge in [-0.3, -0.25) is 14.5 Å². The molecule has 2 aromatic carbocycles. The number of fused-ring (bicyclic) bond motifs is 2. The first-order valence-electron chi connectivity index (χ1n) is 11.3. The van der Waals surface area contributed by atoms with Crippen molar-refractivity contribution in [1.82, 2.24) is 9.80 Å². The number of carbonyl (C=O) groups excluding carboxylic acids is 2. The van der Waals surface area contributed by atoms with Crippen molar-refractivity contribution < 1.29 is 23.5 Å². The van der Waals surface area contributed by atoms with Crippen LogP contribution in [0.5, 0.6) is 0 Å². The van der Waals surface area contributed by atoms with Crippen molar-refractivity contribution in [3.63, 3.8) is 0 Å². The Balaban J connectivity index is 1.42. The second-order valence-corrected chi connectivity index (χ2v) is 8.95. The fourth-order valence-electron chi connectivity index (χ4n) is 5.36. The van der Waals surface area contributed by atoms with E-state index in [1.165, 1.54) is 11.0 Å². The van der Waals surface area contributed by atoms with Gasteiger partial charge in [0, 0.05) is 36.3 Å². The topological polar surface area (TPSA) is 86.9 Å². The van der Waals surface area contributed by atoms with Gasteiger partial charge in [0.2, 0.25) is 11.8 Å². The van der Waals surface area contributed by atoms with Crippen LogP contribution in [0.2, 0.25) is 0 Å². The summed E-state index contributed by atoms with van der Waals surface area (Å²) in [5.74, 6) is -2.06. The molecule has 4 rings (SSSR count). The summed E-state index contributed by atoms with van der Waals surface area (Å²) in [5.41, 5.74) is 6.90. The molecule has 0 aliphatic carbocycles. The highest BCUT2D eigenvalue weighted by molar-refractivity contribution is 5.92. The van der Waals surface area contributed by atoms with Crippen molar-refractivity contribution in [2.45, 2.75) is 50.2 Å². The number of rotatable bonds is 8. The predicted octanol–water partition coefficient (Wildman–Crippen LogP) is 2.80. The Bertz CT molecular complexity index is 997. The summed E-state index contributed by atoms with van der Waals surface area (Å²) in [4.78, 5) is 27.5. The Morgan fingerprint density at radius 3 is 2.30 bits per heavy atom. The Hall–Kier alpha value is -2.84. The van der Waals surface area contributed by atoms with Gasteiger partial charge in [0.1, 0.15) is 18.2 Å². The van der Waals surface area contributed by atoms with E-state index in [2.05, 4.69) is 4.90 Å². The first kappa shape index (κ1) is 23.3. The normalized spacial score (nSPS) is 22.3. The summed E-state index contributed by atoms with van der Waals surface area (Å²) in [6, 6.07) is 11.8. The van der Waals surface area contributed by atoms with Crippen molar-refractivity contribution in [1.29, 1.82) is 0 Å². The van der Waals surface area contributed by atoms with E-state index in [0.717, 1.165) is 43.4 Å². The maximum Gasteiger partial charge on any atom is 0.248 e. The lowest BCUT2D eigenvalue weighted by atomic mass is 9.84. The van der Waals surface area contributed by atoms with Crippen molar-refractivity contribution in [3.05, 3.63) is 70.8 Å². The number of aliphatic hydroxyl groups is 1. The summed E-state index contributed by atoms with van der Waals surface area (Å²) < 4.78 is 28.2. The van der Waals surface area contributed by atoms with E-state index in [1.54, 1.807) is 6.07 Å². The maximum absolute atomic E-state index is 14.1. The van der Waals surface area contributed by atoms with E-state index in [0.29, 0.717) is 30.1 Å². The van der Waals surface area contributed by atoms with Crippen molar-refractivity contribution in [2.75, 3.05) is 19.7 Å². The average Bonchev–Trinajstić information content (AvgIpc) is 3.04. The summed E-state index contributed by atoms with van der Waals surface area (Å²) in [5, 5.41) is 9.37. The highest BCUT2D eigenvalue weighted by atomic mass is 19.1. The SMILES string of the molecule is NC(=O)c1cccc(C2CC3CCC(C2)N3CCN(Cc2c(F)cccc2F)C(=O)CO)c1. The zero-order chi connectivity index (χ0) is 23.5. The third-order valence-corrected chi connectivity index (χ3v) is 7.05. The van der Waals surface area contributed by atoms with Crippen molar-refractivity contribution in [2.24, 2.45) is 5.73 Å². The number of hydrogen-bond acceptors (Lipinski definition) is 4. The van der Waals surface area contributed by atoms with Crippen LogP contribution in [-0.4, -0.2) is 58.5 Å². The molecule has 2 aliphatic heterocycles. The third-order valence-electron chi connectivity index (χ3n) is 7.05. The fourth-order valence-corrected chi connectivity index (χ4v) is 5.36. The smallest absolute Gasteiger partial charge is 0.248 e. The van der Waals surface area contributed by atoms with Gasteiger partial charge in [0.25, 0.3) is 0 Å². The lowest BCUT2D eigenvalue weighted by molar-refractivity contribution is -0.135. The zero-order valence-corrected chi connectivity index (χ0v) is 18.4. The van der Waals surface area contributed by atoms with Crippen molar-refractivity contribution >= 4 is 11.8 Å². The summed E-state index contributed by atoms with van der Waals surface area (Å²) in [7, 11) is 0. The molecule has 176 valence electrons. The van der Waals surface area contributed by atoms with E-state index in [1.807, 2.05) is 18.2 Å². The average molecular weight is 458 g/mol. The molecule has 8 heteroatoms. The second kappa shape index (κ2) is 9.97. The molecule has 2 heterocycles. The molecule has 0 radical (unpaired) electrons. The number of nitrogens with zero attached hydrogens (tertiary/aromatic N) is 2. The molecule has 2 atom stereocenters. The van der Waals surface area contributed by atoms with Crippen molar-refractivity contribution in [3.8, 4) is 0 Å². The van der Waals surface area contributed by atoms with Gasteiger partial charge >= 0.3 is 0 Å². The third kappa shape index (κ3) is 5.07. The molecule has 2 aliphatic rings. The van der Waals surface area contributed by atoms with E-state index in [9.17, 15) is 23.5 Å². The molecule has 2 amide bonds. The van der Waals surface area contributed by atoms with Gasteiger partial charge in [-0.05, 0) is 61.4 Å². The molecule has 2 saturated heterocycles. The Morgan fingerprint density at radius 2 is 1.70 bits per heavy atom. The zero-order valence-electron chi connectivity index (χ0n) is 18.4. The molecular weight excluding hydrogens is 428 g/mol. The Kier molecular flexibility index (Phi) is 7.05.